The lowest BCUT2D eigenvalue weighted by Gasteiger charge is -2.10. The molecule has 2 N–H and O–H groups in total. The molecule has 0 fully saturated rings. The standard InChI is InChI=1S/C19H24N2O5S/c1-14(2)21-19(22)15-4-10-18(11-5-15)27(23,24)20-12-13-26-17-8-6-16(25-3)7-9-17/h4-11,14,20H,12-13H2,1-3H3,(H,21,22). The van der Waals surface area contributed by atoms with Crippen LogP contribution in [0.25, 0.3) is 0 Å². The van der Waals surface area contributed by atoms with Crippen molar-refractivity contribution in [3.8, 4) is 11.5 Å². The van der Waals surface area contributed by atoms with Crippen LogP contribution in [0, 0.1) is 0 Å². The van der Waals surface area contributed by atoms with Crippen molar-refractivity contribution in [3.05, 3.63) is 54.1 Å². The largest absolute Gasteiger partial charge is 0.497 e. The van der Waals surface area contributed by atoms with Crippen molar-refractivity contribution in [2.24, 2.45) is 0 Å². The Kier molecular flexibility index (Phi) is 7.20. The van der Waals surface area contributed by atoms with Crippen molar-refractivity contribution in [1.82, 2.24) is 10.0 Å². The number of hydrogen-bond donors (Lipinski definition) is 2. The summed E-state index contributed by atoms with van der Waals surface area (Å²) >= 11 is 0. The van der Waals surface area contributed by atoms with Crippen LogP contribution in [0.1, 0.15) is 24.2 Å². The van der Waals surface area contributed by atoms with E-state index in [2.05, 4.69) is 10.0 Å². The van der Waals surface area contributed by atoms with Gasteiger partial charge in [0.15, 0.2) is 0 Å². The molecule has 0 saturated carbocycles. The molecule has 0 aliphatic heterocycles. The lowest BCUT2D eigenvalue weighted by molar-refractivity contribution is 0.0943. The monoisotopic (exact) mass is 392 g/mol. The fourth-order valence-corrected chi connectivity index (χ4v) is 3.24. The van der Waals surface area contributed by atoms with Crippen molar-refractivity contribution in [2.75, 3.05) is 20.3 Å². The highest BCUT2D eigenvalue weighted by Gasteiger charge is 2.15. The zero-order valence-corrected chi connectivity index (χ0v) is 16.4. The van der Waals surface area contributed by atoms with Gasteiger partial charge < -0.3 is 14.8 Å². The van der Waals surface area contributed by atoms with Crippen molar-refractivity contribution in [2.45, 2.75) is 24.8 Å². The average Bonchev–Trinajstić information content (AvgIpc) is 2.65. The Morgan fingerprint density at radius 3 is 2.15 bits per heavy atom. The minimum Gasteiger partial charge on any atom is -0.497 e. The molecule has 0 aliphatic carbocycles. The third-order valence-corrected chi connectivity index (χ3v) is 5.05. The van der Waals surface area contributed by atoms with Crippen LogP contribution < -0.4 is 19.5 Å². The van der Waals surface area contributed by atoms with E-state index in [1.807, 2.05) is 13.8 Å². The van der Waals surface area contributed by atoms with Crippen LogP contribution in [0.5, 0.6) is 11.5 Å². The third-order valence-electron chi connectivity index (χ3n) is 3.57. The molecule has 0 saturated heterocycles. The number of amides is 1. The first-order valence-corrected chi connectivity index (χ1v) is 9.97. The maximum Gasteiger partial charge on any atom is 0.251 e. The second-order valence-corrected chi connectivity index (χ2v) is 7.84. The van der Waals surface area contributed by atoms with Crippen LogP contribution >= 0.6 is 0 Å². The van der Waals surface area contributed by atoms with Crippen LogP contribution in [0.4, 0.5) is 0 Å². The lowest BCUT2D eigenvalue weighted by atomic mass is 10.2. The second kappa shape index (κ2) is 9.38. The van der Waals surface area contributed by atoms with E-state index < -0.39 is 10.0 Å². The molecule has 1 amide bonds. The number of ether oxygens (including phenoxy) is 2. The van der Waals surface area contributed by atoms with Gasteiger partial charge in [-0.1, -0.05) is 0 Å². The van der Waals surface area contributed by atoms with Gasteiger partial charge in [-0.2, -0.15) is 0 Å². The summed E-state index contributed by atoms with van der Waals surface area (Å²) < 4.78 is 37.6. The second-order valence-electron chi connectivity index (χ2n) is 6.07. The molecule has 27 heavy (non-hydrogen) atoms. The topological polar surface area (TPSA) is 93.7 Å². The summed E-state index contributed by atoms with van der Waals surface area (Å²) in [7, 11) is -2.10. The summed E-state index contributed by atoms with van der Waals surface area (Å²) in [4.78, 5) is 12.0. The van der Waals surface area contributed by atoms with E-state index in [1.165, 1.54) is 24.3 Å². The number of carbonyl (C=O) groups excluding carboxylic acids is 1. The van der Waals surface area contributed by atoms with Crippen LogP contribution in [-0.4, -0.2) is 40.6 Å². The van der Waals surface area contributed by atoms with Gasteiger partial charge in [-0.15, -0.1) is 0 Å². The highest BCUT2D eigenvalue weighted by Crippen LogP contribution is 2.17. The fourth-order valence-electron chi connectivity index (χ4n) is 2.23. The first kappa shape index (κ1) is 20.7. The molecule has 7 nitrogen and oxygen atoms in total. The summed E-state index contributed by atoms with van der Waals surface area (Å²) in [5, 5.41) is 2.75. The first-order chi connectivity index (χ1) is 12.8. The van der Waals surface area contributed by atoms with Gasteiger partial charge in [-0.05, 0) is 62.4 Å². The normalized spacial score (nSPS) is 11.3. The molecule has 0 aromatic heterocycles. The molecular formula is C19H24N2O5S. The zero-order chi connectivity index (χ0) is 19.9. The van der Waals surface area contributed by atoms with Gasteiger partial charge in [0.05, 0.1) is 12.0 Å². The summed E-state index contributed by atoms with van der Waals surface area (Å²) in [5.41, 5.74) is 0.408. The van der Waals surface area contributed by atoms with Gasteiger partial charge in [0.2, 0.25) is 10.0 Å². The molecule has 8 heteroatoms. The first-order valence-electron chi connectivity index (χ1n) is 8.49. The number of benzene rings is 2. The van der Waals surface area contributed by atoms with Crippen LogP contribution in [0.2, 0.25) is 0 Å². The molecule has 0 aliphatic rings. The van der Waals surface area contributed by atoms with Crippen molar-refractivity contribution < 1.29 is 22.7 Å². The van der Waals surface area contributed by atoms with Crippen LogP contribution in [0.15, 0.2) is 53.4 Å². The Labute approximate surface area is 159 Å². The maximum absolute atomic E-state index is 12.3. The summed E-state index contributed by atoms with van der Waals surface area (Å²) in [5.74, 6) is 1.10. The van der Waals surface area contributed by atoms with Crippen molar-refractivity contribution in [3.63, 3.8) is 0 Å². The van der Waals surface area contributed by atoms with E-state index in [9.17, 15) is 13.2 Å². The van der Waals surface area contributed by atoms with E-state index in [0.29, 0.717) is 17.1 Å². The predicted molar refractivity (Wildman–Crippen MR) is 103 cm³/mol. The zero-order valence-electron chi connectivity index (χ0n) is 15.6. The van der Waals surface area contributed by atoms with Gasteiger partial charge in [-0.3, -0.25) is 4.79 Å². The summed E-state index contributed by atoms with van der Waals surface area (Å²) in [6.07, 6.45) is 0. The maximum atomic E-state index is 12.3. The Balaban J connectivity index is 1.87. The molecule has 0 radical (unpaired) electrons. The Morgan fingerprint density at radius 2 is 1.59 bits per heavy atom. The Hall–Kier alpha value is -2.58. The summed E-state index contributed by atoms with van der Waals surface area (Å²) in [6.45, 7) is 4.01. The smallest absolute Gasteiger partial charge is 0.251 e. The number of sulfonamides is 1. The van der Waals surface area contributed by atoms with E-state index in [-0.39, 0.29) is 30.0 Å². The number of hydrogen-bond acceptors (Lipinski definition) is 5. The van der Waals surface area contributed by atoms with Gasteiger partial charge >= 0.3 is 0 Å². The number of carbonyl (C=O) groups is 1. The van der Waals surface area contributed by atoms with E-state index in [4.69, 9.17) is 9.47 Å². The SMILES string of the molecule is COc1ccc(OCCNS(=O)(=O)c2ccc(C(=O)NC(C)C)cc2)cc1. The van der Waals surface area contributed by atoms with E-state index in [0.717, 1.165) is 0 Å². The molecule has 0 bridgehead atoms. The molecule has 2 rings (SSSR count). The van der Waals surface area contributed by atoms with Crippen molar-refractivity contribution in [1.29, 1.82) is 0 Å². The molecule has 0 spiro atoms. The van der Waals surface area contributed by atoms with Gasteiger partial charge in [-0.25, -0.2) is 13.1 Å². The summed E-state index contributed by atoms with van der Waals surface area (Å²) in [6, 6.07) is 12.8. The Morgan fingerprint density at radius 1 is 1.00 bits per heavy atom. The minimum absolute atomic E-state index is 0.00766. The highest BCUT2D eigenvalue weighted by atomic mass is 32.2. The molecule has 0 atom stereocenters. The third kappa shape index (κ3) is 6.26. The van der Waals surface area contributed by atoms with E-state index in [1.54, 1.807) is 31.4 Å². The average molecular weight is 392 g/mol. The predicted octanol–water partition coefficient (Wildman–Crippen LogP) is 2.19. The number of methoxy groups -OCH3 is 1. The Bertz CT molecular complexity index is 847. The molecule has 0 heterocycles. The molecule has 0 unspecified atom stereocenters. The highest BCUT2D eigenvalue weighted by molar-refractivity contribution is 7.89. The van der Waals surface area contributed by atoms with Gasteiger partial charge in [0.1, 0.15) is 18.1 Å². The fraction of sp³-hybridized carbons (Fsp3) is 0.316. The quantitative estimate of drug-likeness (QED) is 0.638. The number of rotatable bonds is 9. The number of nitrogens with one attached hydrogen (secondary N) is 2. The van der Waals surface area contributed by atoms with Crippen LogP contribution in [-0.2, 0) is 10.0 Å². The molecule has 2 aromatic rings. The van der Waals surface area contributed by atoms with Crippen LogP contribution in [0.3, 0.4) is 0 Å². The minimum atomic E-state index is -3.67. The van der Waals surface area contributed by atoms with Crippen molar-refractivity contribution >= 4 is 15.9 Å². The molecular weight excluding hydrogens is 368 g/mol. The molecule has 146 valence electrons. The lowest BCUT2D eigenvalue weighted by Crippen LogP contribution is -2.30. The van der Waals surface area contributed by atoms with Gasteiger partial charge in [0.25, 0.3) is 5.91 Å². The van der Waals surface area contributed by atoms with E-state index >= 15 is 0 Å². The molecule has 2 aromatic carbocycles. The van der Waals surface area contributed by atoms with Gasteiger partial charge in [0, 0.05) is 18.2 Å².